The average Bonchev–Trinajstić information content (AvgIpc) is 3.20. The molecule has 0 bridgehead atoms. The molecule has 1 saturated heterocycles. The van der Waals surface area contributed by atoms with E-state index < -0.39 is 0 Å². The summed E-state index contributed by atoms with van der Waals surface area (Å²) >= 11 is 15.7. The Morgan fingerprint density at radius 2 is 2.07 bits per heavy atom. The topological polar surface area (TPSA) is 45.7 Å². The summed E-state index contributed by atoms with van der Waals surface area (Å²) in [5, 5.41) is 1.53. The van der Waals surface area contributed by atoms with Crippen molar-refractivity contribution in [2.24, 2.45) is 0 Å². The maximum absolute atomic E-state index is 13.5. The van der Waals surface area contributed by atoms with Crippen molar-refractivity contribution in [1.82, 2.24) is 9.88 Å². The smallest absolute Gasteiger partial charge is 0.261 e. The molecule has 2 aromatic carbocycles. The number of benzene rings is 2. The monoisotopic (exact) mass is 481 g/mol. The Bertz CT molecular complexity index is 1050. The van der Waals surface area contributed by atoms with E-state index in [0.717, 1.165) is 34.7 Å². The second-order valence-electron chi connectivity index (χ2n) is 6.84. The largest absolute Gasteiger partial charge is 0.379 e. The molecule has 0 spiro atoms. The van der Waals surface area contributed by atoms with E-state index in [2.05, 4.69) is 4.90 Å². The minimum atomic E-state index is -0.194. The van der Waals surface area contributed by atoms with Crippen LogP contribution in [0.3, 0.4) is 0 Å². The van der Waals surface area contributed by atoms with Crippen molar-refractivity contribution in [3.05, 3.63) is 52.0 Å². The molecule has 2 heterocycles. The quantitative estimate of drug-likeness (QED) is 0.446. The summed E-state index contributed by atoms with van der Waals surface area (Å²) in [6.07, 6.45) is 2.03. The molecule has 5 nitrogen and oxygen atoms in total. The lowest BCUT2D eigenvalue weighted by Crippen LogP contribution is -2.43. The van der Waals surface area contributed by atoms with E-state index in [0.29, 0.717) is 40.5 Å². The van der Waals surface area contributed by atoms with Crippen molar-refractivity contribution in [2.45, 2.75) is 4.90 Å². The number of carbonyl (C=O) groups excluding carboxylic acids is 1. The highest BCUT2D eigenvalue weighted by molar-refractivity contribution is 7.98. The molecule has 0 N–H and O–H groups in total. The van der Waals surface area contributed by atoms with Crippen LogP contribution in [0.2, 0.25) is 10.0 Å². The molecular formula is C21H21Cl2N3O2S2. The third kappa shape index (κ3) is 4.77. The summed E-state index contributed by atoms with van der Waals surface area (Å²) in [7, 11) is 0. The SMILES string of the molecule is CSc1cccc2sc(N(CCN3CCOCC3)C(=O)c3cc(Cl)ccc3Cl)nc12. The highest BCUT2D eigenvalue weighted by atomic mass is 35.5. The number of morpholine rings is 1. The van der Waals surface area contributed by atoms with Gasteiger partial charge in [0.25, 0.3) is 5.91 Å². The van der Waals surface area contributed by atoms with Crippen molar-refractivity contribution in [3.8, 4) is 0 Å². The molecule has 0 atom stereocenters. The first-order chi connectivity index (χ1) is 14.6. The predicted molar refractivity (Wildman–Crippen MR) is 127 cm³/mol. The number of rotatable bonds is 6. The Hall–Kier alpha value is -1.35. The number of fused-ring (bicyclic) bond motifs is 1. The van der Waals surface area contributed by atoms with Crippen LogP contribution in [0.1, 0.15) is 10.4 Å². The zero-order valence-electron chi connectivity index (χ0n) is 16.4. The molecule has 1 aromatic heterocycles. The van der Waals surface area contributed by atoms with Crippen LogP contribution in [0.25, 0.3) is 10.2 Å². The van der Waals surface area contributed by atoms with Crippen molar-refractivity contribution in [1.29, 1.82) is 0 Å². The first-order valence-corrected chi connectivity index (χ1v) is 12.4. The summed E-state index contributed by atoms with van der Waals surface area (Å²) in [6, 6.07) is 11.1. The standard InChI is InChI=1S/C21H21Cl2N3O2S2/c1-29-17-3-2-4-18-19(17)24-21(30-18)26(8-7-25-9-11-28-12-10-25)20(27)15-13-14(22)5-6-16(15)23/h2-6,13H,7-12H2,1H3. The van der Waals surface area contributed by atoms with Crippen LogP contribution >= 0.6 is 46.3 Å². The molecular weight excluding hydrogens is 461 g/mol. The summed E-state index contributed by atoms with van der Waals surface area (Å²) < 4.78 is 6.49. The van der Waals surface area contributed by atoms with Gasteiger partial charge in [-0.25, -0.2) is 4.98 Å². The lowest BCUT2D eigenvalue weighted by molar-refractivity contribution is 0.0391. The number of amides is 1. The van der Waals surface area contributed by atoms with Gasteiger partial charge in [-0.1, -0.05) is 40.6 Å². The molecule has 3 aromatic rings. The van der Waals surface area contributed by atoms with Crippen LogP contribution in [-0.2, 0) is 4.74 Å². The summed E-state index contributed by atoms with van der Waals surface area (Å²) in [4.78, 5) is 23.5. The number of nitrogens with zero attached hydrogens (tertiary/aromatic N) is 3. The number of thioether (sulfide) groups is 1. The first-order valence-electron chi connectivity index (χ1n) is 9.57. The molecule has 1 aliphatic heterocycles. The van der Waals surface area contributed by atoms with Crippen LogP contribution in [0.5, 0.6) is 0 Å². The van der Waals surface area contributed by atoms with Crippen LogP contribution in [0.4, 0.5) is 5.13 Å². The normalized spacial score (nSPS) is 14.9. The van der Waals surface area contributed by atoms with Crippen molar-refractivity contribution in [3.63, 3.8) is 0 Å². The van der Waals surface area contributed by atoms with Gasteiger partial charge in [0, 0.05) is 36.1 Å². The molecule has 0 unspecified atom stereocenters. The van der Waals surface area contributed by atoms with Gasteiger partial charge in [-0.2, -0.15) is 0 Å². The minimum Gasteiger partial charge on any atom is -0.379 e. The highest BCUT2D eigenvalue weighted by Gasteiger charge is 2.25. The maximum Gasteiger partial charge on any atom is 0.261 e. The van der Waals surface area contributed by atoms with Crippen molar-refractivity contribution < 1.29 is 9.53 Å². The number of hydrogen-bond acceptors (Lipinski definition) is 6. The lowest BCUT2D eigenvalue weighted by atomic mass is 10.2. The Morgan fingerprint density at radius 1 is 1.27 bits per heavy atom. The number of thiazole rings is 1. The van der Waals surface area contributed by atoms with E-state index in [-0.39, 0.29) is 5.91 Å². The van der Waals surface area contributed by atoms with E-state index in [4.69, 9.17) is 32.9 Å². The second kappa shape index (κ2) is 9.85. The van der Waals surface area contributed by atoms with Gasteiger partial charge in [-0.05, 0) is 36.6 Å². The fourth-order valence-corrected chi connectivity index (χ4v) is 5.36. The number of carbonyl (C=O) groups is 1. The van der Waals surface area contributed by atoms with Crippen molar-refractivity contribution >= 4 is 67.6 Å². The van der Waals surface area contributed by atoms with Gasteiger partial charge >= 0.3 is 0 Å². The molecule has 0 radical (unpaired) electrons. The van der Waals surface area contributed by atoms with Gasteiger partial charge < -0.3 is 4.74 Å². The fourth-order valence-electron chi connectivity index (χ4n) is 3.35. The number of anilines is 1. The van der Waals surface area contributed by atoms with Gasteiger partial charge in [-0.15, -0.1) is 11.8 Å². The molecule has 158 valence electrons. The van der Waals surface area contributed by atoms with Crippen LogP contribution in [0.15, 0.2) is 41.3 Å². The maximum atomic E-state index is 13.5. The van der Waals surface area contributed by atoms with E-state index in [1.165, 1.54) is 11.3 Å². The van der Waals surface area contributed by atoms with Crippen molar-refractivity contribution in [2.75, 3.05) is 50.5 Å². The fraction of sp³-hybridized carbons (Fsp3) is 0.333. The zero-order valence-corrected chi connectivity index (χ0v) is 19.6. The molecule has 4 rings (SSSR count). The zero-order chi connectivity index (χ0) is 21.1. The molecule has 1 fully saturated rings. The molecule has 30 heavy (non-hydrogen) atoms. The lowest BCUT2D eigenvalue weighted by Gasteiger charge is -2.29. The predicted octanol–water partition coefficient (Wildman–Crippen LogP) is 5.30. The summed E-state index contributed by atoms with van der Waals surface area (Å²) in [6.45, 7) is 4.39. The molecule has 0 aliphatic carbocycles. The van der Waals surface area contributed by atoms with Gasteiger partial charge in [0.05, 0.1) is 34.0 Å². The number of halogens is 2. The van der Waals surface area contributed by atoms with Crippen LogP contribution in [0, 0.1) is 0 Å². The second-order valence-corrected chi connectivity index (χ2v) is 9.54. The Morgan fingerprint density at radius 3 is 2.83 bits per heavy atom. The van der Waals surface area contributed by atoms with Gasteiger partial charge in [-0.3, -0.25) is 14.6 Å². The number of aromatic nitrogens is 1. The van der Waals surface area contributed by atoms with E-state index in [1.807, 2.05) is 24.5 Å². The summed E-state index contributed by atoms with van der Waals surface area (Å²) in [5.74, 6) is -0.194. The highest BCUT2D eigenvalue weighted by Crippen LogP contribution is 2.35. The molecule has 0 saturated carbocycles. The molecule has 1 amide bonds. The number of ether oxygens (including phenoxy) is 1. The first kappa shape index (κ1) is 21.9. The Labute approximate surface area is 193 Å². The van der Waals surface area contributed by atoms with Crippen LogP contribution < -0.4 is 4.90 Å². The number of para-hydroxylation sites is 1. The minimum absolute atomic E-state index is 0.194. The molecule has 1 aliphatic rings. The summed E-state index contributed by atoms with van der Waals surface area (Å²) in [5.41, 5.74) is 1.31. The van der Waals surface area contributed by atoms with E-state index in [9.17, 15) is 4.79 Å². The number of hydrogen-bond donors (Lipinski definition) is 0. The van der Waals surface area contributed by atoms with Gasteiger partial charge in [0.1, 0.15) is 0 Å². The Kier molecular flexibility index (Phi) is 7.18. The Balaban J connectivity index is 1.69. The third-order valence-electron chi connectivity index (χ3n) is 4.97. The van der Waals surface area contributed by atoms with E-state index in [1.54, 1.807) is 34.9 Å². The van der Waals surface area contributed by atoms with Gasteiger partial charge in [0.15, 0.2) is 5.13 Å². The van der Waals surface area contributed by atoms with Crippen LogP contribution in [-0.4, -0.2) is 61.4 Å². The average molecular weight is 482 g/mol. The van der Waals surface area contributed by atoms with E-state index >= 15 is 0 Å². The molecule has 9 heteroatoms. The van der Waals surface area contributed by atoms with Gasteiger partial charge in [0.2, 0.25) is 0 Å². The third-order valence-corrected chi connectivity index (χ3v) is 7.35.